The zero-order valence-electron chi connectivity index (χ0n) is 11.8. The number of aromatic nitrogens is 1. The summed E-state index contributed by atoms with van der Waals surface area (Å²) in [5.41, 5.74) is 9.29. The number of nitriles is 1. The Balaban J connectivity index is 2.43. The Kier molecular flexibility index (Phi) is 4.03. The summed E-state index contributed by atoms with van der Waals surface area (Å²) in [4.78, 5) is 8.92. The van der Waals surface area contributed by atoms with Crippen LogP contribution in [0, 0.1) is 25.2 Å². The molecule has 2 rings (SSSR count). The molecule has 0 aliphatic carbocycles. The fourth-order valence-electron chi connectivity index (χ4n) is 2.70. The first-order chi connectivity index (χ1) is 9.06. The molecule has 0 bridgehead atoms. The van der Waals surface area contributed by atoms with Crippen molar-refractivity contribution in [3.8, 4) is 6.07 Å². The van der Waals surface area contributed by atoms with E-state index in [1.807, 2.05) is 19.9 Å². The van der Waals surface area contributed by atoms with Crippen LogP contribution in [0.5, 0.6) is 0 Å². The highest BCUT2D eigenvalue weighted by Gasteiger charge is 2.26. The first-order valence-electron chi connectivity index (χ1n) is 6.60. The lowest BCUT2D eigenvalue weighted by Gasteiger charge is -2.41. The van der Waals surface area contributed by atoms with Crippen LogP contribution < -0.4 is 10.6 Å². The number of nitrogens with two attached hydrogens (primary N) is 1. The van der Waals surface area contributed by atoms with Crippen molar-refractivity contribution in [3.05, 3.63) is 23.0 Å². The predicted octanol–water partition coefficient (Wildman–Crippen LogP) is 0.649. The highest BCUT2D eigenvalue weighted by Crippen LogP contribution is 2.26. The summed E-state index contributed by atoms with van der Waals surface area (Å²) >= 11 is 0. The number of aryl methyl sites for hydroxylation is 2. The van der Waals surface area contributed by atoms with Gasteiger partial charge in [-0.2, -0.15) is 5.26 Å². The third-order valence-electron chi connectivity index (χ3n) is 3.69. The molecule has 1 unspecified atom stereocenters. The highest BCUT2D eigenvalue weighted by molar-refractivity contribution is 5.62. The van der Waals surface area contributed by atoms with Gasteiger partial charge >= 0.3 is 0 Å². The normalized spacial score (nSPS) is 20.4. The lowest BCUT2D eigenvalue weighted by Crippen LogP contribution is -2.55. The molecular formula is C14H21N5. The molecule has 0 aromatic carbocycles. The Morgan fingerprint density at radius 3 is 2.84 bits per heavy atom. The Labute approximate surface area is 114 Å². The summed E-state index contributed by atoms with van der Waals surface area (Å²) in [5.74, 6) is 0. The standard InChI is InChI=1S/C14H21N5/c1-10-6-14(13(8-16)11(2)17-10)19-5-4-18(3)9-12(19)7-15/h6,12H,4-5,7,9,15H2,1-3H3. The third-order valence-corrected chi connectivity index (χ3v) is 3.69. The van der Waals surface area contributed by atoms with Gasteiger partial charge in [0.05, 0.1) is 23.0 Å². The van der Waals surface area contributed by atoms with Crippen LogP contribution in [0.1, 0.15) is 17.0 Å². The van der Waals surface area contributed by atoms with Crippen molar-refractivity contribution in [2.75, 3.05) is 38.1 Å². The molecule has 1 aromatic rings. The summed E-state index contributed by atoms with van der Waals surface area (Å²) in [6.45, 7) is 7.27. The van der Waals surface area contributed by atoms with E-state index in [9.17, 15) is 5.26 Å². The Hall–Kier alpha value is -1.64. The maximum Gasteiger partial charge on any atom is 0.103 e. The summed E-state index contributed by atoms with van der Waals surface area (Å²) < 4.78 is 0. The molecule has 5 heteroatoms. The zero-order chi connectivity index (χ0) is 14.0. The molecule has 102 valence electrons. The molecule has 2 heterocycles. The van der Waals surface area contributed by atoms with E-state index in [1.54, 1.807) is 0 Å². The van der Waals surface area contributed by atoms with Crippen LogP contribution in [0.3, 0.4) is 0 Å². The van der Waals surface area contributed by atoms with E-state index in [2.05, 4.69) is 27.9 Å². The summed E-state index contributed by atoms with van der Waals surface area (Å²) in [6, 6.07) is 4.54. The Morgan fingerprint density at radius 1 is 1.47 bits per heavy atom. The van der Waals surface area contributed by atoms with Gasteiger partial charge in [0, 0.05) is 31.9 Å². The fourth-order valence-corrected chi connectivity index (χ4v) is 2.70. The van der Waals surface area contributed by atoms with Gasteiger partial charge in [-0.3, -0.25) is 4.98 Å². The van der Waals surface area contributed by atoms with E-state index in [1.165, 1.54) is 0 Å². The number of piperazine rings is 1. The molecule has 5 nitrogen and oxygen atoms in total. The number of likely N-dealkylation sites (N-methyl/N-ethyl adjacent to an activating group) is 1. The second-order valence-electron chi connectivity index (χ2n) is 5.20. The average Bonchev–Trinajstić information content (AvgIpc) is 2.37. The second-order valence-corrected chi connectivity index (χ2v) is 5.20. The zero-order valence-corrected chi connectivity index (χ0v) is 11.8. The van der Waals surface area contributed by atoms with Crippen molar-refractivity contribution < 1.29 is 0 Å². The minimum atomic E-state index is 0.257. The summed E-state index contributed by atoms with van der Waals surface area (Å²) in [5, 5.41) is 9.37. The minimum absolute atomic E-state index is 0.257. The second kappa shape index (κ2) is 5.55. The van der Waals surface area contributed by atoms with Crippen molar-refractivity contribution in [1.29, 1.82) is 5.26 Å². The first kappa shape index (κ1) is 13.8. The molecule has 1 saturated heterocycles. The number of hydrogen-bond acceptors (Lipinski definition) is 5. The molecule has 1 atom stereocenters. The van der Waals surface area contributed by atoms with Crippen LogP contribution >= 0.6 is 0 Å². The molecule has 19 heavy (non-hydrogen) atoms. The number of hydrogen-bond donors (Lipinski definition) is 1. The van der Waals surface area contributed by atoms with E-state index in [-0.39, 0.29) is 6.04 Å². The van der Waals surface area contributed by atoms with E-state index < -0.39 is 0 Å². The van der Waals surface area contributed by atoms with Crippen LogP contribution in [0.15, 0.2) is 6.07 Å². The van der Waals surface area contributed by atoms with E-state index in [0.29, 0.717) is 12.1 Å². The van der Waals surface area contributed by atoms with Crippen molar-refractivity contribution in [1.82, 2.24) is 9.88 Å². The lowest BCUT2D eigenvalue weighted by atomic mass is 10.1. The van der Waals surface area contributed by atoms with E-state index >= 15 is 0 Å². The molecule has 0 saturated carbocycles. The van der Waals surface area contributed by atoms with Gasteiger partial charge in [-0.05, 0) is 27.0 Å². The van der Waals surface area contributed by atoms with Crippen molar-refractivity contribution in [3.63, 3.8) is 0 Å². The van der Waals surface area contributed by atoms with E-state index in [4.69, 9.17) is 5.73 Å². The molecule has 1 aromatic heterocycles. The topological polar surface area (TPSA) is 69.2 Å². The largest absolute Gasteiger partial charge is 0.364 e. The average molecular weight is 259 g/mol. The van der Waals surface area contributed by atoms with Crippen molar-refractivity contribution in [2.45, 2.75) is 19.9 Å². The quantitative estimate of drug-likeness (QED) is 0.844. The number of anilines is 1. The molecule has 0 amide bonds. The molecule has 0 radical (unpaired) electrons. The molecule has 2 N–H and O–H groups in total. The molecule has 1 fully saturated rings. The SMILES string of the molecule is Cc1cc(N2CCN(C)CC2CN)c(C#N)c(C)n1. The van der Waals surface area contributed by atoms with Gasteiger partial charge in [-0.1, -0.05) is 0 Å². The maximum absolute atomic E-state index is 9.37. The van der Waals surface area contributed by atoms with Crippen LogP contribution in [0.25, 0.3) is 0 Å². The summed E-state index contributed by atoms with van der Waals surface area (Å²) in [6.07, 6.45) is 0. The maximum atomic E-state index is 9.37. The van der Waals surface area contributed by atoms with Crippen LogP contribution in [0.2, 0.25) is 0 Å². The van der Waals surface area contributed by atoms with Gasteiger partial charge in [0.15, 0.2) is 0 Å². The third kappa shape index (κ3) is 2.70. The van der Waals surface area contributed by atoms with Crippen molar-refractivity contribution in [2.24, 2.45) is 5.73 Å². The minimum Gasteiger partial charge on any atom is -0.364 e. The lowest BCUT2D eigenvalue weighted by molar-refractivity contribution is 0.269. The monoisotopic (exact) mass is 259 g/mol. The number of pyridine rings is 1. The van der Waals surface area contributed by atoms with Crippen LogP contribution in [-0.4, -0.2) is 49.2 Å². The molecule has 1 aliphatic rings. The summed E-state index contributed by atoms with van der Waals surface area (Å²) in [7, 11) is 2.11. The fraction of sp³-hybridized carbons (Fsp3) is 0.571. The number of rotatable bonds is 2. The predicted molar refractivity (Wildman–Crippen MR) is 76.1 cm³/mol. The van der Waals surface area contributed by atoms with Gasteiger partial charge in [-0.15, -0.1) is 0 Å². The van der Waals surface area contributed by atoms with Gasteiger partial charge < -0.3 is 15.5 Å². The number of nitrogens with zero attached hydrogens (tertiary/aromatic N) is 4. The Morgan fingerprint density at radius 2 is 2.21 bits per heavy atom. The van der Waals surface area contributed by atoms with Crippen LogP contribution in [0.4, 0.5) is 5.69 Å². The molecular weight excluding hydrogens is 238 g/mol. The smallest absolute Gasteiger partial charge is 0.103 e. The Bertz CT molecular complexity index is 505. The highest BCUT2D eigenvalue weighted by atomic mass is 15.3. The van der Waals surface area contributed by atoms with Gasteiger partial charge in [0.25, 0.3) is 0 Å². The molecule has 1 aliphatic heterocycles. The van der Waals surface area contributed by atoms with Gasteiger partial charge in [0.1, 0.15) is 6.07 Å². The first-order valence-corrected chi connectivity index (χ1v) is 6.60. The van der Waals surface area contributed by atoms with Gasteiger partial charge in [0.2, 0.25) is 0 Å². The van der Waals surface area contributed by atoms with Crippen LogP contribution in [-0.2, 0) is 0 Å². The van der Waals surface area contributed by atoms with Gasteiger partial charge in [-0.25, -0.2) is 0 Å². The van der Waals surface area contributed by atoms with E-state index in [0.717, 1.165) is 36.7 Å². The van der Waals surface area contributed by atoms with Crippen molar-refractivity contribution >= 4 is 5.69 Å². The molecule has 0 spiro atoms.